The molecule has 158 valence electrons. The van der Waals surface area contributed by atoms with Crippen LogP contribution in [0.15, 0.2) is 60.7 Å². The number of hydrogen-bond acceptors (Lipinski definition) is 5. The third-order valence-corrected chi connectivity index (χ3v) is 5.20. The lowest BCUT2D eigenvalue weighted by Gasteiger charge is -2.08. The highest BCUT2D eigenvalue weighted by atomic mass is 32.1. The van der Waals surface area contributed by atoms with Gasteiger partial charge < -0.3 is 14.6 Å². The highest BCUT2D eigenvalue weighted by molar-refractivity contribution is 7.71. The molecule has 4 rings (SSSR count). The minimum absolute atomic E-state index is 0.246. The van der Waals surface area contributed by atoms with Gasteiger partial charge in [-0.2, -0.15) is 10.2 Å². The molecule has 2 aromatic heterocycles. The maximum absolute atomic E-state index is 12.9. The summed E-state index contributed by atoms with van der Waals surface area (Å²) in [6.45, 7) is 2.89. The van der Waals surface area contributed by atoms with Crippen molar-refractivity contribution in [1.82, 2.24) is 29.9 Å². The minimum Gasteiger partial charge on any atom is -0.497 e. The highest BCUT2D eigenvalue weighted by Gasteiger charge is 2.17. The fourth-order valence-corrected chi connectivity index (χ4v) is 3.57. The number of ether oxygens (including phenoxy) is 1. The first-order chi connectivity index (χ1) is 15.1. The Hall–Kier alpha value is -3.72. The van der Waals surface area contributed by atoms with Gasteiger partial charge in [-0.3, -0.25) is 9.89 Å². The molecule has 0 aliphatic heterocycles. The van der Waals surface area contributed by atoms with Crippen molar-refractivity contribution in [3.8, 4) is 22.7 Å². The van der Waals surface area contributed by atoms with Gasteiger partial charge in [-0.15, -0.1) is 0 Å². The molecular formula is C22H22N6O2S. The van der Waals surface area contributed by atoms with Crippen molar-refractivity contribution in [2.75, 3.05) is 7.11 Å². The molecule has 1 amide bonds. The van der Waals surface area contributed by atoms with E-state index in [1.807, 2.05) is 66.1 Å². The van der Waals surface area contributed by atoms with Gasteiger partial charge in [0.2, 0.25) is 0 Å². The van der Waals surface area contributed by atoms with E-state index >= 15 is 0 Å². The van der Waals surface area contributed by atoms with Crippen molar-refractivity contribution in [2.24, 2.45) is 0 Å². The third kappa shape index (κ3) is 4.26. The first-order valence-corrected chi connectivity index (χ1v) is 10.2. The third-order valence-electron chi connectivity index (χ3n) is 4.89. The number of nitrogens with one attached hydrogen (secondary N) is 2. The lowest BCUT2D eigenvalue weighted by Crippen LogP contribution is -2.25. The Morgan fingerprint density at radius 2 is 1.90 bits per heavy atom. The zero-order chi connectivity index (χ0) is 21.8. The van der Waals surface area contributed by atoms with Crippen LogP contribution in [0.25, 0.3) is 16.9 Å². The Bertz CT molecular complexity index is 1240. The maximum atomic E-state index is 12.9. The summed E-state index contributed by atoms with van der Waals surface area (Å²) in [6.07, 6.45) is 0. The van der Waals surface area contributed by atoms with Gasteiger partial charge in [-0.1, -0.05) is 18.2 Å². The van der Waals surface area contributed by atoms with Crippen molar-refractivity contribution in [1.29, 1.82) is 0 Å². The van der Waals surface area contributed by atoms with Crippen LogP contribution in [0.1, 0.15) is 23.2 Å². The average Bonchev–Trinajstić information content (AvgIpc) is 3.42. The first kappa shape index (κ1) is 20.5. The molecule has 0 radical (unpaired) electrons. The largest absolute Gasteiger partial charge is 0.497 e. The van der Waals surface area contributed by atoms with Crippen LogP contribution in [-0.2, 0) is 13.1 Å². The second-order valence-corrected chi connectivity index (χ2v) is 7.15. The molecular weight excluding hydrogens is 412 g/mol. The van der Waals surface area contributed by atoms with Gasteiger partial charge in [-0.05, 0) is 61.6 Å². The summed E-state index contributed by atoms with van der Waals surface area (Å²) in [5, 5.41) is 14.4. The monoisotopic (exact) mass is 434 g/mol. The Morgan fingerprint density at radius 1 is 1.16 bits per heavy atom. The minimum atomic E-state index is -0.291. The molecule has 0 unspecified atom stereocenters. The van der Waals surface area contributed by atoms with Gasteiger partial charge in [0.25, 0.3) is 5.91 Å². The van der Waals surface area contributed by atoms with Gasteiger partial charge in [0, 0.05) is 12.1 Å². The molecule has 0 aliphatic rings. The highest BCUT2D eigenvalue weighted by Crippen LogP contribution is 2.26. The summed E-state index contributed by atoms with van der Waals surface area (Å²) in [6, 6.07) is 19.1. The number of H-pyrrole nitrogens is 1. The van der Waals surface area contributed by atoms with Crippen LogP contribution in [0.2, 0.25) is 0 Å². The van der Waals surface area contributed by atoms with Crippen molar-refractivity contribution in [2.45, 2.75) is 20.0 Å². The molecule has 0 bridgehead atoms. The lowest BCUT2D eigenvalue weighted by atomic mass is 10.1. The number of hydrogen-bond donors (Lipinski definition) is 2. The van der Waals surface area contributed by atoms with Crippen LogP contribution in [0, 0.1) is 4.77 Å². The normalized spacial score (nSPS) is 10.8. The van der Waals surface area contributed by atoms with Crippen LogP contribution in [0.5, 0.6) is 5.75 Å². The predicted molar refractivity (Wildman–Crippen MR) is 120 cm³/mol. The molecule has 9 heteroatoms. The molecule has 4 aromatic rings. The predicted octanol–water partition coefficient (Wildman–Crippen LogP) is 3.75. The van der Waals surface area contributed by atoms with Crippen molar-refractivity contribution in [3.05, 3.63) is 77.0 Å². The van der Waals surface area contributed by atoms with Gasteiger partial charge in [0.1, 0.15) is 5.75 Å². The standard InChI is InChI=1S/C22H22N6O2S/c1-3-27-20(24-25-22(27)31)14-23-21(29)18-13-19(15-9-11-17(30-2)12-10-15)28(26-18)16-7-5-4-6-8-16/h4-13H,3,14H2,1-2H3,(H,23,29)(H,25,31). The van der Waals surface area contributed by atoms with Gasteiger partial charge in [0.15, 0.2) is 16.3 Å². The van der Waals surface area contributed by atoms with Crippen LogP contribution >= 0.6 is 12.2 Å². The second-order valence-electron chi connectivity index (χ2n) is 6.76. The molecule has 31 heavy (non-hydrogen) atoms. The molecule has 2 heterocycles. The van der Waals surface area contributed by atoms with E-state index in [0.717, 1.165) is 22.7 Å². The molecule has 0 atom stereocenters. The number of benzene rings is 2. The zero-order valence-corrected chi connectivity index (χ0v) is 18.0. The molecule has 0 fully saturated rings. The van der Waals surface area contributed by atoms with Crippen LogP contribution in [0.3, 0.4) is 0 Å². The molecule has 0 spiro atoms. The Labute approximate surface area is 184 Å². The number of nitrogens with zero attached hydrogens (tertiary/aromatic N) is 4. The summed E-state index contributed by atoms with van der Waals surface area (Å²) in [5.74, 6) is 1.14. The lowest BCUT2D eigenvalue weighted by molar-refractivity contribution is 0.0944. The number of aromatic amines is 1. The van der Waals surface area contributed by atoms with E-state index in [2.05, 4.69) is 20.6 Å². The summed E-state index contributed by atoms with van der Waals surface area (Å²) in [5.41, 5.74) is 2.89. The summed E-state index contributed by atoms with van der Waals surface area (Å²) < 4.78 is 9.38. The average molecular weight is 435 g/mol. The van der Waals surface area contributed by atoms with Crippen LogP contribution < -0.4 is 10.1 Å². The summed E-state index contributed by atoms with van der Waals surface area (Å²) in [4.78, 5) is 12.9. The number of methoxy groups -OCH3 is 1. The number of amides is 1. The van der Waals surface area contributed by atoms with E-state index in [0.29, 0.717) is 22.8 Å². The topological polar surface area (TPSA) is 89.8 Å². The van der Waals surface area contributed by atoms with Crippen LogP contribution in [-0.4, -0.2) is 37.6 Å². The maximum Gasteiger partial charge on any atom is 0.272 e. The first-order valence-electron chi connectivity index (χ1n) is 9.83. The molecule has 0 saturated carbocycles. The van der Waals surface area contributed by atoms with Crippen molar-refractivity contribution in [3.63, 3.8) is 0 Å². The summed E-state index contributed by atoms with van der Waals surface area (Å²) in [7, 11) is 1.63. The number of para-hydroxylation sites is 1. The van der Waals surface area contributed by atoms with E-state index in [-0.39, 0.29) is 12.5 Å². The van der Waals surface area contributed by atoms with E-state index in [1.54, 1.807) is 17.9 Å². The van der Waals surface area contributed by atoms with E-state index in [9.17, 15) is 4.79 Å². The fraction of sp³-hybridized carbons (Fsp3) is 0.182. The quantitative estimate of drug-likeness (QED) is 0.433. The van der Waals surface area contributed by atoms with Gasteiger partial charge in [-0.25, -0.2) is 4.68 Å². The zero-order valence-electron chi connectivity index (χ0n) is 17.2. The van der Waals surface area contributed by atoms with Crippen molar-refractivity contribution < 1.29 is 9.53 Å². The molecule has 2 N–H and O–H groups in total. The van der Waals surface area contributed by atoms with E-state index in [4.69, 9.17) is 17.0 Å². The Kier molecular flexibility index (Phi) is 5.94. The molecule has 8 nitrogen and oxygen atoms in total. The number of aromatic nitrogens is 5. The second kappa shape index (κ2) is 8.97. The SMILES string of the molecule is CCn1c(CNC(=O)c2cc(-c3ccc(OC)cc3)n(-c3ccccc3)n2)n[nH]c1=S. The number of carbonyl (C=O) groups is 1. The van der Waals surface area contributed by atoms with E-state index < -0.39 is 0 Å². The van der Waals surface area contributed by atoms with E-state index in [1.165, 1.54) is 0 Å². The molecule has 0 saturated heterocycles. The fourth-order valence-electron chi connectivity index (χ4n) is 3.29. The summed E-state index contributed by atoms with van der Waals surface area (Å²) >= 11 is 5.20. The van der Waals surface area contributed by atoms with Crippen LogP contribution in [0.4, 0.5) is 0 Å². The van der Waals surface area contributed by atoms with Gasteiger partial charge in [0.05, 0.1) is 25.0 Å². The molecule has 2 aromatic carbocycles. The smallest absolute Gasteiger partial charge is 0.272 e. The van der Waals surface area contributed by atoms with Crippen molar-refractivity contribution >= 4 is 18.1 Å². The Balaban J connectivity index is 1.65. The Morgan fingerprint density at radius 3 is 2.58 bits per heavy atom. The molecule has 0 aliphatic carbocycles. The number of carbonyl (C=O) groups excluding carboxylic acids is 1. The van der Waals surface area contributed by atoms with Gasteiger partial charge >= 0.3 is 0 Å². The number of rotatable bonds is 7.